The van der Waals surface area contributed by atoms with Gasteiger partial charge in [0.2, 0.25) is 11.8 Å². The Morgan fingerprint density at radius 3 is 2.21 bits per heavy atom. The summed E-state index contributed by atoms with van der Waals surface area (Å²) in [5, 5.41) is 9.46. The standard InChI is InChI=1S/C24H45N3O6/c1-9-15(4)21(26(6)23(29)20(25)14(2)3)18(32-7)13-19(28)27-12-10-11-17(27)22(33-8)16(5)24(30)31/h14-18,20-22H,9-13,25H2,1-8H3,(H,30,31)/t15-,16+,17?,18+,20?,21-,22+/m0/s1. The number of likely N-dealkylation sites (N-methyl/N-ethyl adjacent to an activating group) is 1. The number of methoxy groups -OCH3 is 2. The molecular weight excluding hydrogens is 426 g/mol. The summed E-state index contributed by atoms with van der Waals surface area (Å²) in [6, 6.07) is -1.25. The summed E-state index contributed by atoms with van der Waals surface area (Å²) in [7, 11) is 4.77. The number of hydrogen-bond acceptors (Lipinski definition) is 6. The maximum Gasteiger partial charge on any atom is 0.308 e. The molecule has 0 aromatic heterocycles. The van der Waals surface area contributed by atoms with Crippen molar-refractivity contribution in [2.75, 3.05) is 27.8 Å². The molecule has 2 unspecified atom stereocenters. The van der Waals surface area contributed by atoms with Crippen LogP contribution in [0, 0.1) is 17.8 Å². The van der Waals surface area contributed by atoms with Gasteiger partial charge in [-0.05, 0) is 31.6 Å². The van der Waals surface area contributed by atoms with E-state index >= 15 is 0 Å². The van der Waals surface area contributed by atoms with E-state index in [1.165, 1.54) is 7.11 Å². The summed E-state index contributed by atoms with van der Waals surface area (Å²) in [6.45, 7) is 10.0. The third-order valence-corrected chi connectivity index (χ3v) is 7.24. The number of carboxylic acids is 1. The van der Waals surface area contributed by atoms with Crippen molar-refractivity contribution in [2.45, 2.75) is 90.6 Å². The Bertz CT molecular complexity index is 658. The number of rotatable bonds is 13. The predicted molar refractivity (Wildman–Crippen MR) is 127 cm³/mol. The van der Waals surface area contributed by atoms with Crippen LogP contribution in [-0.2, 0) is 23.9 Å². The van der Waals surface area contributed by atoms with E-state index in [2.05, 4.69) is 0 Å². The third-order valence-electron chi connectivity index (χ3n) is 7.24. The van der Waals surface area contributed by atoms with E-state index in [0.717, 1.165) is 12.8 Å². The van der Waals surface area contributed by atoms with Crippen LogP contribution in [0.25, 0.3) is 0 Å². The van der Waals surface area contributed by atoms with Gasteiger partial charge in [-0.3, -0.25) is 14.4 Å². The van der Waals surface area contributed by atoms with Crippen molar-refractivity contribution in [1.82, 2.24) is 9.80 Å². The van der Waals surface area contributed by atoms with Crippen LogP contribution in [0.3, 0.4) is 0 Å². The van der Waals surface area contributed by atoms with Gasteiger partial charge < -0.3 is 30.1 Å². The zero-order chi connectivity index (χ0) is 25.5. The second-order valence-corrected chi connectivity index (χ2v) is 9.70. The van der Waals surface area contributed by atoms with Crippen LogP contribution in [0.15, 0.2) is 0 Å². The monoisotopic (exact) mass is 471 g/mol. The van der Waals surface area contributed by atoms with Crippen molar-refractivity contribution in [3.8, 4) is 0 Å². The largest absolute Gasteiger partial charge is 0.481 e. The highest BCUT2D eigenvalue weighted by Gasteiger charge is 2.42. The van der Waals surface area contributed by atoms with Gasteiger partial charge in [0.25, 0.3) is 0 Å². The number of ether oxygens (including phenoxy) is 2. The van der Waals surface area contributed by atoms with E-state index in [1.807, 2.05) is 27.7 Å². The SMILES string of the molecule is CC[C@H](C)[C@@H]([C@@H](CC(=O)N1CCCC1[C@H](OC)[C@@H](C)C(=O)O)OC)N(C)C(=O)C(N)C(C)C. The minimum atomic E-state index is -0.950. The summed E-state index contributed by atoms with van der Waals surface area (Å²) in [6.07, 6.45) is 1.27. The van der Waals surface area contributed by atoms with E-state index in [1.54, 1.807) is 30.9 Å². The van der Waals surface area contributed by atoms with Crippen LogP contribution in [0.5, 0.6) is 0 Å². The molecule has 1 aliphatic rings. The van der Waals surface area contributed by atoms with E-state index in [-0.39, 0.29) is 42.2 Å². The fourth-order valence-corrected chi connectivity index (χ4v) is 4.82. The summed E-state index contributed by atoms with van der Waals surface area (Å²) < 4.78 is 11.3. The maximum absolute atomic E-state index is 13.4. The second-order valence-electron chi connectivity index (χ2n) is 9.70. The minimum absolute atomic E-state index is 0.00674. The van der Waals surface area contributed by atoms with Gasteiger partial charge in [0.1, 0.15) is 0 Å². The van der Waals surface area contributed by atoms with Gasteiger partial charge in [-0.15, -0.1) is 0 Å². The van der Waals surface area contributed by atoms with Crippen molar-refractivity contribution in [3.05, 3.63) is 0 Å². The van der Waals surface area contributed by atoms with Gasteiger partial charge >= 0.3 is 5.97 Å². The summed E-state index contributed by atoms with van der Waals surface area (Å²) in [5.74, 6) is -1.89. The van der Waals surface area contributed by atoms with Crippen LogP contribution < -0.4 is 5.73 Å². The normalized spacial score (nSPS) is 21.9. The molecule has 0 bridgehead atoms. The summed E-state index contributed by atoms with van der Waals surface area (Å²) >= 11 is 0. The number of carbonyl (C=O) groups excluding carboxylic acids is 2. The van der Waals surface area contributed by atoms with E-state index in [9.17, 15) is 19.5 Å². The third kappa shape index (κ3) is 7.13. The molecule has 9 nitrogen and oxygen atoms in total. The number of carboxylic acid groups (broad SMARTS) is 1. The summed E-state index contributed by atoms with van der Waals surface area (Å²) in [4.78, 5) is 41.3. The van der Waals surface area contributed by atoms with Crippen molar-refractivity contribution < 1.29 is 29.0 Å². The van der Waals surface area contributed by atoms with Gasteiger partial charge in [-0.25, -0.2) is 0 Å². The molecule has 0 saturated carbocycles. The molecule has 1 aliphatic heterocycles. The average molecular weight is 472 g/mol. The molecule has 0 spiro atoms. The molecule has 0 radical (unpaired) electrons. The molecule has 192 valence electrons. The first kappa shape index (κ1) is 29.3. The number of carbonyl (C=O) groups is 3. The lowest BCUT2D eigenvalue weighted by atomic mass is 9.89. The van der Waals surface area contributed by atoms with Gasteiger partial charge in [0, 0.05) is 27.8 Å². The van der Waals surface area contributed by atoms with Crippen LogP contribution in [0.1, 0.15) is 60.3 Å². The molecule has 9 heteroatoms. The van der Waals surface area contributed by atoms with Crippen LogP contribution in [-0.4, -0.2) is 90.8 Å². The van der Waals surface area contributed by atoms with Crippen LogP contribution in [0.4, 0.5) is 0 Å². The van der Waals surface area contributed by atoms with Crippen molar-refractivity contribution in [2.24, 2.45) is 23.5 Å². The van der Waals surface area contributed by atoms with Gasteiger partial charge in [0.05, 0.1) is 42.7 Å². The molecule has 2 amide bonds. The van der Waals surface area contributed by atoms with E-state index in [0.29, 0.717) is 13.0 Å². The minimum Gasteiger partial charge on any atom is -0.481 e. The first-order valence-electron chi connectivity index (χ1n) is 12.0. The summed E-state index contributed by atoms with van der Waals surface area (Å²) in [5.41, 5.74) is 6.13. The van der Waals surface area contributed by atoms with Crippen molar-refractivity contribution in [1.29, 1.82) is 0 Å². The quantitative estimate of drug-likeness (QED) is 0.421. The van der Waals surface area contributed by atoms with Crippen molar-refractivity contribution >= 4 is 17.8 Å². The number of likely N-dealkylation sites (tertiary alicyclic amines) is 1. The Hall–Kier alpha value is -1.71. The number of nitrogens with zero attached hydrogens (tertiary/aromatic N) is 2. The van der Waals surface area contributed by atoms with Gasteiger partial charge in [-0.2, -0.15) is 0 Å². The van der Waals surface area contributed by atoms with Gasteiger partial charge in [-0.1, -0.05) is 34.1 Å². The maximum atomic E-state index is 13.4. The highest BCUT2D eigenvalue weighted by Crippen LogP contribution is 2.29. The number of amides is 2. The predicted octanol–water partition coefficient (Wildman–Crippen LogP) is 1.97. The zero-order valence-electron chi connectivity index (χ0n) is 21.6. The number of hydrogen-bond donors (Lipinski definition) is 2. The van der Waals surface area contributed by atoms with Crippen LogP contribution >= 0.6 is 0 Å². The van der Waals surface area contributed by atoms with E-state index in [4.69, 9.17) is 15.2 Å². The molecular formula is C24H45N3O6. The molecule has 1 heterocycles. The van der Waals surface area contributed by atoms with Crippen LogP contribution in [0.2, 0.25) is 0 Å². The highest BCUT2D eigenvalue weighted by molar-refractivity contribution is 5.82. The Labute approximate surface area is 198 Å². The smallest absolute Gasteiger partial charge is 0.308 e. The van der Waals surface area contributed by atoms with E-state index < -0.39 is 30.1 Å². The zero-order valence-corrected chi connectivity index (χ0v) is 21.6. The lowest BCUT2D eigenvalue weighted by Gasteiger charge is -2.40. The second kappa shape index (κ2) is 13.2. The first-order valence-corrected chi connectivity index (χ1v) is 12.0. The van der Waals surface area contributed by atoms with Crippen molar-refractivity contribution in [3.63, 3.8) is 0 Å². The first-order chi connectivity index (χ1) is 15.4. The Morgan fingerprint density at radius 2 is 1.76 bits per heavy atom. The molecule has 1 fully saturated rings. The topological polar surface area (TPSA) is 122 Å². The molecule has 1 rings (SSSR count). The molecule has 0 aliphatic carbocycles. The Morgan fingerprint density at radius 1 is 1.15 bits per heavy atom. The molecule has 0 aromatic carbocycles. The lowest BCUT2D eigenvalue weighted by molar-refractivity contribution is -0.152. The fourth-order valence-electron chi connectivity index (χ4n) is 4.82. The lowest BCUT2D eigenvalue weighted by Crippen LogP contribution is -2.56. The highest BCUT2D eigenvalue weighted by atomic mass is 16.5. The molecule has 3 N–H and O–H groups in total. The molecule has 7 atom stereocenters. The number of nitrogens with two attached hydrogens (primary N) is 1. The average Bonchev–Trinajstić information content (AvgIpc) is 3.26. The van der Waals surface area contributed by atoms with Gasteiger partial charge in [0.15, 0.2) is 0 Å². The molecule has 1 saturated heterocycles. The Kier molecular flexibility index (Phi) is 11.8. The molecule has 0 aromatic rings. The fraction of sp³-hybridized carbons (Fsp3) is 0.875. The Balaban J connectivity index is 3.11. The number of aliphatic carboxylic acids is 1. The molecule has 33 heavy (non-hydrogen) atoms.